The Balaban J connectivity index is 1.51. The summed E-state index contributed by atoms with van der Waals surface area (Å²) >= 11 is 6.12. The van der Waals surface area contributed by atoms with Crippen LogP contribution in [0.5, 0.6) is 5.88 Å². The van der Waals surface area contributed by atoms with Gasteiger partial charge in [0.15, 0.2) is 0 Å². The molecule has 1 aromatic heterocycles. The van der Waals surface area contributed by atoms with Crippen LogP contribution in [0, 0.1) is 12.8 Å². The number of rotatable bonds is 4. The Morgan fingerprint density at radius 1 is 1.29 bits per heavy atom. The van der Waals surface area contributed by atoms with E-state index in [-0.39, 0.29) is 5.91 Å². The summed E-state index contributed by atoms with van der Waals surface area (Å²) in [6, 6.07) is 9.02. The topological polar surface area (TPSA) is 55.3 Å². The van der Waals surface area contributed by atoms with Crippen molar-refractivity contribution in [3.05, 3.63) is 52.9 Å². The number of carbonyl (C=O) groups excluding carboxylic acids is 1. The van der Waals surface area contributed by atoms with Crippen molar-refractivity contribution in [2.45, 2.75) is 19.8 Å². The summed E-state index contributed by atoms with van der Waals surface area (Å²) in [6.07, 6.45) is 3.34. The standard InChI is InChI=1S/C18H20ClN3O2/c1-13-10-17(21-12-20-13)24-11-14-6-8-22(9-7-14)18(23)15-4-2-3-5-16(15)19/h2-5,10,12,14H,6-9,11H2,1H3. The maximum absolute atomic E-state index is 12.5. The van der Waals surface area contributed by atoms with Crippen LogP contribution >= 0.6 is 11.6 Å². The van der Waals surface area contributed by atoms with Crippen LogP contribution in [0.3, 0.4) is 0 Å². The molecule has 2 heterocycles. The second-order valence-electron chi connectivity index (χ2n) is 6.02. The molecule has 126 valence electrons. The van der Waals surface area contributed by atoms with E-state index >= 15 is 0 Å². The molecule has 0 aliphatic carbocycles. The lowest BCUT2D eigenvalue weighted by Crippen LogP contribution is -2.39. The van der Waals surface area contributed by atoms with Crippen LogP contribution in [0.2, 0.25) is 5.02 Å². The lowest BCUT2D eigenvalue weighted by molar-refractivity contribution is 0.0659. The predicted octanol–water partition coefficient (Wildman–Crippen LogP) is 3.37. The van der Waals surface area contributed by atoms with Gasteiger partial charge >= 0.3 is 0 Å². The van der Waals surface area contributed by atoms with Gasteiger partial charge in [0.2, 0.25) is 5.88 Å². The minimum absolute atomic E-state index is 0.00592. The van der Waals surface area contributed by atoms with E-state index in [2.05, 4.69) is 9.97 Å². The summed E-state index contributed by atoms with van der Waals surface area (Å²) in [5, 5.41) is 0.507. The van der Waals surface area contributed by atoms with Gasteiger partial charge < -0.3 is 9.64 Å². The number of nitrogens with zero attached hydrogens (tertiary/aromatic N) is 3. The smallest absolute Gasteiger partial charge is 0.255 e. The summed E-state index contributed by atoms with van der Waals surface area (Å²) in [6.45, 7) is 3.97. The number of ether oxygens (including phenoxy) is 1. The second-order valence-corrected chi connectivity index (χ2v) is 6.43. The van der Waals surface area contributed by atoms with Crippen LogP contribution in [0.15, 0.2) is 36.7 Å². The number of aromatic nitrogens is 2. The largest absolute Gasteiger partial charge is 0.477 e. The number of likely N-dealkylation sites (tertiary alicyclic amines) is 1. The quantitative estimate of drug-likeness (QED) is 0.852. The first-order valence-electron chi connectivity index (χ1n) is 8.09. The monoisotopic (exact) mass is 345 g/mol. The average Bonchev–Trinajstić information content (AvgIpc) is 2.60. The zero-order valence-electron chi connectivity index (χ0n) is 13.6. The number of piperidine rings is 1. The molecule has 0 atom stereocenters. The van der Waals surface area contributed by atoms with Gasteiger partial charge in [0, 0.05) is 24.8 Å². The Labute approximate surface area is 146 Å². The molecule has 0 N–H and O–H groups in total. The molecule has 1 aliphatic heterocycles. The lowest BCUT2D eigenvalue weighted by atomic mass is 9.97. The summed E-state index contributed by atoms with van der Waals surface area (Å²) < 4.78 is 5.75. The Morgan fingerprint density at radius 3 is 2.75 bits per heavy atom. The third kappa shape index (κ3) is 4.03. The highest BCUT2D eigenvalue weighted by molar-refractivity contribution is 6.33. The van der Waals surface area contributed by atoms with Crippen molar-refractivity contribution in [2.75, 3.05) is 19.7 Å². The highest BCUT2D eigenvalue weighted by Crippen LogP contribution is 2.23. The van der Waals surface area contributed by atoms with E-state index in [1.807, 2.05) is 30.0 Å². The van der Waals surface area contributed by atoms with Gasteiger partial charge in [-0.3, -0.25) is 4.79 Å². The number of benzene rings is 1. The fourth-order valence-electron chi connectivity index (χ4n) is 2.82. The zero-order valence-corrected chi connectivity index (χ0v) is 14.4. The molecule has 3 rings (SSSR count). The molecule has 0 radical (unpaired) electrons. The molecule has 6 heteroatoms. The molecule has 5 nitrogen and oxygen atoms in total. The van der Waals surface area contributed by atoms with Gasteiger partial charge in [0.25, 0.3) is 5.91 Å². The van der Waals surface area contributed by atoms with E-state index in [1.165, 1.54) is 6.33 Å². The molecule has 0 saturated carbocycles. The van der Waals surface area contributed by atoms with E-state index in [4.69, 9.17) is 16.3 Å². The fourth-order valence-corrected chi connectivity index (χ4v) is 3.04. The summed E-state index contributed by atoms with van der Waals surface area (Å²) in [4.78, 5) is 22.6. The first-order valence-corrected chi connectivity index (χ1v) is 8.46. The Morgan fingerprint density at radius 2 is 2.04 bits per heavy atom. The molecular weight excluding hydrogens is 326 g/mol. The minimum Gasteiger partial charge on any atom is -0.477 e. The molecule has 1 fully saturated rings. The Kier molecular flexibility index (Phi) is 5.30. The van der Waals surface area contributed by atoms with E-state index in [9.17, 15) is 4.79 Å². The van der Waals surface area contributed by atoms with Crippen molar-refractivity contribution >= 4 is 17.5 Å². The number of hydrogen-bond donors (Lipinski definition) is 0. The van der Waals surface area contributed by atoms with Crippen molar-refractivity contribution < 1.29 is 9.53 Å². The van der Waals surface area contributed by atoms with Gasteiger partial charge in [0.1, 0.15) is 6.33 Å². The maximum atomic E-state index is 12.5. The maximum Gasteiger partial charge on any atom is 0.255 e. The van der Waals surface area contributed by atoms with Crippen LogP contribution < -0.4 is 4.74 Å². The van der Waals surface area contributed by atoms with Crippen molar-refractivity contribution in [3.63, 3.8) is 0 Å². The number of halogens is 1. The third-order valence-electron chi connectivity index (χ3n) is 4.25. The Hall–Kier alpha value is -2.14. The van der Waals surface area contributed by atoms with Crippen molar-refractivity contribution in [2.24, 2.45) is 5.92 Å². The molecule has 24 heavy (non-hydrogen) atoms. The highest BCUT2D eigenvalue weighted by Gasteiger charge is 2.25. The van der Waals surface area contributed by atoms with Crippen molar-refractivity contribution in [1.29, 1.82) is 0 Å². The SMILES string of the molecule is Cc1cc(OCC2CCN(C(=O)c3ccccc3Cl)CC2)ncn1. The fraction of sp³-hybridized carbons (Fsp3) is 0.389. The summed E-state index contributed by atoms with van der Waals surface area (Å²) in [7, 11) is 0. The first kappa shape index (κ1) is 16.7. The molecule has 1 amide bonds. The molecule has 2 aromatic rings. The number of carbonyl (C=O) groups is 1. The highest BCUT2D eigenvalue weighted by atomic mass is 35.5. The van der Waals surface area contributed by atoms with E-state index < -0.39 is 0 Å². The van der Waals surface area contributed by atoms with Crippen LogP contribution in [-0.2, 0) is 0 Å². The van der Waals surface area contributed by atoms with Gasteiger partial charge in [-0.2, -0.15) is 0 Å². The van der Waals surface area contributed by atoms with Crippen LogP contribution in [0.4, 0.5) is 0 Å². The van der Waals surface area contributed by atoms with E-state index in [1.54, 1.807) is 12.1 Å². The molecule has 0 bridgehead atoms. The van der Waals surface area contributed by atoms with Crippen molar-refractivity contribution in [1.82, 2.24) is 14.9 Å². The molecular formula is C18H20ClN3O2. The number of amides is 1. The molecule has 1 saturated heterocycles. The summed E-state index contributed by atoms with van der Waals surface area (Å²) in [5.74, 6) is 1.04. The average molecular weight is 346 g/mol. The van der Waals surface area contributed by atoms with Crippen LogP contribution in [0.1, 0.15) is 28.9 Å². The molecule has 1 aliphatic rings. The van der Waals surface area contributed by atoms with Gasteiger partial charge in [-0.05, 0) is 37.8 Å². The third-order valence-corrected chi connectivity index (χ3v) is 4.58. The number of aryl methyl sites for hydroxylation is 1. The molecule has 1 aromatic carbocycles. The van der Waals surface area contributed by atoms with Gasteiger partial charge in [-0.1, -0.05) is 23.7 Å². The molecule has 0 spiro atoms. The number of hydrogen-bond acceptors (Lipinski definition) is 4. The van der Waals surface area contributed by atoms with Gasteiger partial charge in [0.05, 0.1) is 17.2 Å². The lowest BCUT2D eigenvalue weighted by Gasteiger charge is -2.32. The van der Waals surface area contributed by atoms with Gasteiger partial charge in [-0.25, -0.2) is 9.97 Å². The summed E-state index contributed by atoms with van der Waals surface area (Å²) in [5.41, 5.74) is 1.46. The minimum atomic E-state index is 0.00592. The van der Waals surface area contributed by atoms with Gasteiger partial charge in [-0.15, -0.1) is 0 Å². The van der Waals surface area contributed by atoms with Crippen LogP contribution in [-0.4, -0.2) is 40.5 Å². The second kappa shape index (κ2) is 7.62. The van der Waals surface area contributed by atoms with Crippen molar-refractivity contribution in [3.8, 4) is 5.88 Å². The first-order chi connectivity index (χ1) is 11.6. The normalized spacial score (nSPS) is 15.3. The molecule has 0 unspecified atom stereocenters. The van der Waals surface area contributed by atoms with E-state index in [0.717, 1.165) is 31.6 Å². The predicted molar refractivity (Wildman–Crippen MR) is 92.3 cm³/mol. The zero-order chi connectivity index (χ0) is 16.9. The van der Waals surface area contributed by atoms with Crippen LogP contribution in [0.25, 0.3) is 0 Å². The van der Waals surface area contributed by atoms with E-state index in [0.29, 0.717) is 29.0 Å². The Bertz CT molecular complexity index is 715.